The fourth-order valence-electron chi connectivity index (χ4n) is 1.98. The van der Waals surface area contributed by atoms with Crippen LogP contribution in [0.25, 0.3) is 0 Å². The number of aryl methyl sites for hydroxylation is 1. The molecule has 0 atom stereocenters. The van der Waals surface area contributed by atoms with Crippen LogP contribution in [0.1, 0.15) is 17.5 Å². The van der Waals surface area contributed by atoms with Crippen molar-refractivity contribution in [2.24, 2.45) is 0 Å². The normalized spacial score (nSPS) is 10.2. The number of benzene rings is 1. The van der Waals surface area contributed by atoms with E-state index in [-0.39, 0.29) is 0 Å². The maximum absolute atomic E-state index is 9.03. The number of hydrogen-bond donors (Lipinski definition) is 1. The molecule has 0 unspecified atom stereocenters. The van der Waals surface area contributed by atoms with Crippen molar-refractivity contribution >= 4 is 0 Å². The second kappa shape index (κ2) is 7.31. The van der Waals surface area contributed by atoms with E-state index in [0.29, 0.717) is 11.3 Å². The Kier molecular flexibility index (Phi) is 5.15. The van der Waals surface area contributed by atoms with Crippen LogP contribution in [0.2, 0.25) is 0 Å². The van der Waals surface area contributed by atoms with Gasteiger partial charge in [-0.15, -0.1) is 0 Å². The molecule has 2 rings (SSSR count). The van der Waals surface area contributed by atoms with Crippen LogP contribution < -0.4 is 10.1 Å². The second-order valence-electron chi connectivity index (χ2n) is 4.45. The lowest BCUT2D eigenvalue weighted by Crippen LogP contribution is -2.16. The van der Waals surface area contributed by atoms with Gasteiger partial charge in [-0.3, -0.25) is 4.68 Å². The van der Waals surface area contributed by atoms with Crippen LogP contribution in [0.15, 0.2) is 36.7 Å². The fraction of sp³-hybridized carbons (Fsp3) is 0.333. The molecule has 0 amide bonds. The SMILES string of the molecule is COc1ccc(CNCCCn2cccn2)cc1C#N. The van der Waals surface area contributed by atoms with Gasteiger partial charge in [-0.05, 0) is 36.7 Å². The highest BCUT2D eigenvalue weighted by molar-refractivity contribution is 5.45. The molecule has 5 heteroatoms. The van der Waals surface area contributed by atoms with Crippen LogP contribution in [0.3, 0.4) is 0 Å². The third kappa shape index (κ3) is 3.84. The summed E-state index contributed by atoms with van der Waals surface area (Å²) in [6, 6.07) is 9.73. The number of nitrogens with zero attached hydrogens (tertiary/aromatic N) is 3. The van der Waals surface area contributed by atoms with Crippen molar-refractivity contribution < 1.29 is 4.74 Å². The lowest BCUT2D eigenvalue weighted by Gasteiger charge is -2.07. The molecule has 0 bridgehead atoms. The van der Waals surface area contributed by atoms with Crippen LogP contribution in [-0.2, 0) is 13.1 Å². The molecule has 0 fully saturated rings. The molecule has 0 spiro atoms. The van der Waals surface area contributed by atoms with Crippen molar-refractivity contribution in [3.8, 4) is 11.8 Å². The van der Waals surface area contributed by atoms with Crippen LogP contribution in [0, 0.1) is 11.3 Å². The van der Waals surface area contributed by atoms with Crippen molar-refractivity contribution in [1.29, 1.82) is 5.26 Å². The molecule has 1 heterocycles. The molecule has 1 aromatic heterocycles. The van der Waals surface area contributed by atoms with Crippen molar-refractivity contribution in [3.05, 3.63) is 47.8 Å². The molecule has 0 saturated heterocycles. The van der Waals surface area contributed by atoms with Gasteiger partial charge in [0.1, 0.15) is 11.8 Å². The van der Waals surface area contributed by atoms with E-state index in [1.165, 1.54) is 0 Å². The zero-order valence-electron chi connectivity index (χ0n) is 11.5. The Morgan fingerprint density at radius 3 is 3.05 bits per heavy atom. The standard InChI is InChI=1S/C15H18N4O/c1-20-15-5-4-13(10-14(15)11-16)12-17-6-2-8-19-9-3-7-18-19/h3-5,7,9-10,17H,2,6,8,12H2,1H3. The van der Waals surface area contributed by atoms with Gasteiger partial charge in [0.15, 0.2) is 0 Å². The van der Waals surface area contributed by atoms with Gasteiger partial charge in [0.2, 0.25) is 0 Å². The molecule has 1 N–H and O–H groups in total. The molecule has 5 nitrogen and oxygen atoms in total. The summed E-state index contributed by atoms with van der Waals surface area (Å²) in [6.45, 7) is 2.57. The van der Waals surface area contributed by atoms with E-state index in [0.717, 1.165) is 31.6 Å². The molecule has 0 saturated carbocycles. The van der Waals surface area contributed by atoms with Crippen molar-refractivity contribution in [2.45, 2.75) is 19.5 Å². The topological polar surface area (TPSA) is 62.9 Å². The fourth-order valence-corrected chi connectivity index (χ4v) is 1.98. The maximum Gasteiger partial charge on any atom is 0.136 e. The van der Waals surface area contributed by atoms with Gasteiger partial charge in [-0.1, -0.05) is 6.07 Å². The predicted molar refractivity (Wildman–Crippen MR) is 76.3 cm³/mol. The summed E-state index contributed by atoms with van der Waals surface area (Å²) < 4.78 is 7.04. The van der Waals surface area contributed by atoms with Gasteiger partial charge in [-0.2, -0.15) is 10.4 Å². The number of nitriles is 1. The smallest absolute Gasteiger partial charge is 0.136 e. The summed E-state index contributed by atoms with van der Waals surface area (Å²) >= 11 is 0. The molecule has 104 valence electrons. The van der Waals surface area contributed by atoms with Crippen LogP contribution in [0.5, 0.6) is 5.75 Å². The van der Waals surface area contributed by atoms with Gasteiger partial charge in [0.05, 0.1) is 12.7 Å². The Morgan fingerprint density at radius 1 is 1.45 bits per heavy atom. The summed E-state index contributed by atoms with van der Waals surface area (Å²) in [5.74, 6) is 0.620. The van der Waals surface area contributed by atoms with Crippen molar-refractivity contribution in [3.63, 3.8) is 0 Å². The minimum atomic E-state index is 0.573. The van der Waals surface area contributed by atoms with Crippen molar-refractivity contribution in [1.82, 2.24) is 15.1 Å². The highest BCUT2D eigenvalue weighted by Crippen LogP contribution is 2.18. The van der Waals surface area contributed by atoms with Crippen molar-refractivity contribution in [2.75, 3.05) is 13.7 Å². The molecular weight excluding hydrogens is 252 g/mol. The van der Waals surface area contributed by atoms with Gasteiger partial charge < -0.3 is 10.1 Å². The Balaban J connectivity index is 1.75. The second-order valence-corrected chi connectivity index (χ2v) is 4.45. The summed E-state index contributed by atoms with van der Waals surface area (Å²) in [6.07, 6.45) is 4.76. The number of ether oxygens (including phenoxy) is 1. The lowest BCUT2D eigenvalue weighted by molar-refractivity contribution is 0.413. The number of nitrogens with one attached hydrogen (secondary N) is 1. The summed E-state index contributed by atoms with van der Waals surface area (Å²) in [5.41, 5.74) is 1.66. The molecule has 0 aliphatic heterocycles. The number of rotatable bonds is 7. The minimum Gasteiger partial charge on any atom is -0.495 e. The molecular formula is C15H18N4O. The zero-order valence-corrected chi connectivity index (χ0v) is 11.5. The van der Waals surface area contributed by atoms with E-state index in [2.05, 4.69) is 16.5 Å². The summed E-state index contributed by atoms with van der Waals surface area (Å²) in [4.78, 5) is 0. The first-order valence-corrected chi connectivity index (χ1v) is 6.58. The average molecular weight is 270 g/mol. The number of methoxy groups -OCH3 is 1. The van der Waals surface area contributed by atoms with E-state index in [1.807, 2.05) is 35.1 Å². The number of aromatic nitrogens is 2. The van der Waals surface area contributed by atoms with E-state index < -0.39 is 0 Å². The van der Waals surface area contributed by atoms with E-state index in [1.54, 1.807) is 13.3 Å². The lowest BCUT2D eigenvalue weighted by atomic mass is 10.1. The molecule has 0 radical (unpaired) electrons. The molecule has 2 aromatic rings. The molecule has 0 aliphatic rings. The largest absolute Gasteiger partial charge is 0.495 e. The van der Waals surface area contributed by atoms with Crippen LogP contribution in [-0.4, -0.2) is 23.4 Å². The highest BCUT2D eigenvalue weighted by Gasteiger charge is 2.03. The minimum absolute atomic E-state index is 0.573. The summed E-state index contributed by atoms with van der Waals surface area (Å²) in [7, 11) is 1.57. The Hall–Kier alpha value is -2.32. The predicted octanol–water partition coefficient (Wildman–Crippen LogP) is 1.94. The Labute approximate surface area is 118 Å². The van der Waals surface area contributed by atoms with Gasteiger partial charge in [-0.25, -0.2) is 0 Å². The first-order chi connectivity index (χ1) is 9.83. The maximum atomic E-state index is 9.03. The summed E-state index contributed by atoms with van der Waals surface area (Å²) in [5, 5.41) is 16.5. The first kappa shape index (κ1) is 14.1. The highest BCUT2D eigenvalue weighted by atomic mass is 16.5. The van der Waals surface area contributed by atoms with Gasteiger partial charge in [0, 0.05) is 25.5 Å². The average Bonchev–Trinajstić information content (AvgIpc) is 3.00. The third-order valence-corrected chi connectivity index (χ3v) is 3.01. The van der Waals surface area contributed by atoms with Gasteiger partial charge >= 0.3 is 0 Å². The van der Waals surface area contributed by atoms with Crippen LogP contribution >= 0.6 is 0 Å². The molecule has 0 aliphatic carbocycles. The first-order valence-electron chi connectivity index (χ1n) is 6.58. The monoisotopic (exact) mass is 270 g/mol. The molecule has 20 heavy (non-hydrogen) atoms. The van der Waals surface area contributed by atoms with Crippen LogP contribution in [0.4, 0.5) is 0 Å². The Bertz CT molecular complexity index is 572. The van der Waals surface area contributed by atoms with E-state index in [9.17, 15) is 0 Å². The molecule has 1 aromatic carbocycles. The zero-order chi connectivity index (χ0) is 14.2. The van der Waals surface area contributed by atoms with E-state index >= 15 is 0 Å². The Morgan fingerprint density at radius 2 is 2.35 bits per heavy atom. The quantitative estimate of drug-likeness (QED) is 0.781. The third-order valence-electron chi connectivity index (χ3n) is 3.01. The van der Waals surface area contributed by atoms with E-state index in [4.69, 9.17) is 10.00 Å². The number of hydrogen-bond acceptors (Lipinski definition) is 4. The van der Waals surface area contributed by atoms with Gasteiger partial charge in [0.25, 0.3) is 0 Å².